The average molecular weight is 543 g/mol. The van der Waals surface area contributed by atoms with E-state index in [1.165, 1.54) is 24.5 Å². The Morgan fingerprint density at radius 1 is 1.03 bits per heavy atom. The Morgan fingerprint density at radius 2 is 1.71 bits per heavy atom. The molecule has 0 aliphatic carbocycles. The van der Waals surface area contributed by atoms with Gasteiger partial charge < -0.3 is 5.32 Å². The van der Waals surface area contributed by atoms with Crippen molar-refractivity contribution in [1.29, 1.82) is 5.26 Å². The van der Waals surface area contributed by atoms with Crippen molar-refractivity contribution < 1.29 is 9.59 Å². The number of nitriles is 1. The number of carbonyl (C=O) groups excluding carboxylic acids is 2. The Labute approximate surface area is 212 Å². The zero-order chi connectivity index (χ0) is 24.5. The zero-order valence-electron chi connectivity index (χ0n) is 18.2. The highest BCUT2D eigenvalue weighted by Gasteiger charge is 2.37. The first kappa shape index (κ1) is 22.6. The van der Waals surface area contributed by atoms with Crippen molar-refractivity contribution >= 4 is 60.6 Å². The van der Waals surface area contributed by atoms with Crippen molar-refractivity contribution in [2.75, 3.05) is 12.4 Å². The molecule has 0 atom stereocenters. The normalized spacial score (nSPS) is 12.8. The lowest BCUT2D eigenvalue weighted by Crippen LogP contribution is -2.24. The standard InChI is InChI=1S/C25H15BrN6O2S/c1-32-23(33)17-12-15(13-27)20(19(26)18(17)24(32)34)30-31-22-21(14-8-4-2-5-9-14)29-25(35-22)28-16-10-6-3-7-11-16/h2-12H,1H3,(H,28,29)/b31-30+. The van der Waals surface area contributed by atoms with Crippen LogP contribution in [-0.4, -0.2) is 28.7 Å². The maximum absolute atomic E-state index is 12.6. The van der Waals surface area contributed by atoms with E-state index in [-0.39, 0.29) is 26.9 Å². The second kappa shape index (κ2) is 9.21. The van der Waals surface area contributed by atoms with E-state index in [1.807, 2.05) is 66.7 Å². The number of benzene rings is 3. The Bertz CT molecular complexity index is 1540. The number of nitrogens with one attached hydrogen (secondary N) is 1. The number of hydrogen-bond donors (Lipinski definition) is 1. The molecular formula is C25H15BrN6O2S. The predicted molar refractivity (Wildman–Crippen MR) is 137 cm³/mol. The summed E-state index contributed by atoms with van der Waals surface area (Å²) in [5.74, 6) is -0.925. The van der Waals surface area contributed by atoms with Crippen molar-refractivity contribution in [3.8, 4) is 17.3 Å². The Hall–Kier alpha value is -4.20. The SMILES string of the molecule is CN1C(=O)c2cc(C#N)c(/N=N/c3sc(Nc4ccccc4)nc3-c3ccccc3)c(Br)c2C1=O. The molecule has 0 bridgehead atoms. The van der Waals surface area contributed by atoms with Gasteiger partial charge in [0.25, 0.3) is 11.8 Å². The number of rotatable bonds is 5. The van der Waals surface area contributed by atoms with Gasteiger partial charge in [-0.1, -0.05) is 59.9 Å². The third kappa shape index (κ3) is 4.12. The number of para-hydroxylation sites is 1. The summed E-state index contributed by atoms with van der Waals surface area (Å²) in [6, 6.07) is 22.6. The van der Waals surface area contributed by atoms with Gasteiger partial charge in [0, 0.05) is 18.3 Å². The van der Waals surface area contributed by atoms with Gasteiger partial charge in [0.05, 0.1) is 21.2 Å². The largest absolute Gasteiger partial charge is 0.331 e. The molecule has 0 fully saturated rings. The second-order valence-electron chi connectivity index (χ2n) is 7.52. The van der Waals surface area contributed by atoms with Gasteiger partial charge in [-0.25, -0.2) is 4.98 Å². The summed E-state index contributed by atoms with van der Waals surface area (Å²) in [7, 11) is 1.40. The molecular weight excluding hydrogens is 528 g/mol. The van der Waals surface area contributed by atoms with Crippen LogP contribution in [0.3, 0.4) is 0 Å². The molecule has 8 nitrogen and oxygen atoms in total. The molecule has 1 N–H and O–H groups in total. The zero-order valence-corrected chi connectivity index (χ0v) is 20.6. The van der Waals surface area contributed by atoms with E-state index in [0.29, 0.717) is 15.8 Å². The number of anilines is 2. The number of fused-ring (bicyclic) bond motifs is 1. The van der Waals surface area contributed by atoms with Gasteiger partial charge in [-0.05, 0) is 34.1 Å². The number of hydrogen-bond acceptors (Lipinski definition) is 8. The highest BCUT2D eigenvalue weighted by atomic mass is 79.9. The van der Waals surface area contributed by atoms with Gasteiger partial charge in [0.15, 0.2) is 10.1 Å². The van der Waals surface area contributed by atoms with Crippen molar-refractivity contribution in [3.63, 3.8) is 0 Å². The van der Waals surface area contributed by atoms with E-state index in [2.05, 4.69) is 31.5 Å². The first-order valence-electron chi connectivity index (χ1n) is 10.4. The topological polar surface area (TPSA) is 111 Å². The molecule has 0 unspecified atom stereocenters. The first-order valence-corrected chi connectivity index (χ1v) is 12.0. The maximum Gasteiger partial charge on any atom is 0.262 e. The molecule has 4 aromatic rings. The number of thiazole rings is 1. The summed E-state index contributed by atoms with van der Waals surface area (Å²) in [6.07, 6.45) is 0. The minimum absolute atomic E-state index is 0.129. The van der Waals surface area contributed by atoms with Crippen LogP contribution in [-0.2, 0) is 0 Å². The highest BCUT2D eigenvalue weighted by molar-refractivity contribution is 9.10. The van der Waals surface area contributed by atoms with E-state index in [4.69, 9.17) is 4.98 Å². The van der Waals surface area contributed by atoms with Gasteiger partial charge >= 0.3 is 0 Å². The molecule has 0 radical (unpaired) electrons. The van der Waals surface area contributed by atoms with Crippen LogP contribution in [0.4, 0.5) is 21.5 Å². The summed E-state index contributed by atoms with van der Waals surface area (Å²) in [4.78, 5) is 30.7. The number of aromatic nitrogens is 1. The number of azo groups is 1. The summed E-state index contributed by atoms with van der Waals surface area (Å²) >= 11 is 4.68. The van der Waals surface area contributed by atoms with Crippen molar-refractivity contribution in [1.82, 2.24) is 9.88 Å². The summed E-state index contributed by atoms with van der Waals surface area (Å²) in [5, 5.41) is 22.9. The quantitative estimate of drug-likeness (QED) is 0.219. The molecule has 1 aromatic heterocycles. The minimum atomic E-state index is -0.463. The molecule has 3 aromatic carbocycles. The first-order chi connectivity index (χ1) is 17.0. The molecule has 0 saturated carbocycles. The van der Waals surface area contributed by atoms with Gasteiger partial charge in [-0.15, -0.1) is 10.2 Å². The van der Waals surface area contributed by atoms with Crippen molar-refractivity contribution in [2.45, 2.75) is 0 Å². The predicted octanol–water partition coefficient (Wildman–Crippen LogP) is 6.83. The molecule has 1 aliphatic heterocycles. The minimum Gasteiger partial charge on any atom is -0.331 e. The maximum atomic E-state index is 12.6. The van der Waals surface area contributed by atoms with E-state index in [9.17, 15) is 14.9 Å². The number of halogens is 1. The number of nitrogens with zero attached hydrogens (tertiary/aromatic N) is 5. The summed E-state index contributed by atoms with van der Waals surface area (Å²) in [6.45, 7) is 0. The monoisotopic (exact) mass is 542 g/mol. The average Bonchev–Trinajstić information content (AvgIpc) is 3.38. The molecule has 1 aliphatic rings. The number of carbonyl (C=O) groups is 2. The molecule has 2 heterocycles. The number of amides is 2. The van der Waals surface area contributed by atoms with Gasteiger partial charge in [-0.3, -0.25) is 14.5 Å². The fourth-order valence-corrected chi connectivity index (χ4v) is 5.11. The fourth-order valence-electron chi connectivity index (χ4n) is 3.60. The van der Waals surface area contributed by atoms with E-state index < -0.39 is 11.8 Å². The van der Waals surface area contributed by atoms with E-state index in [1.54, 1.807) is 0 Å². The molecule has 35 heavy (non-hydrogen) atoms. The fraction of sp³-hybridized carbons (Fsp3) is 0.0400. The third-order valence-corrected chi connectivity index (χ3v) is 6.96. The van der Waals surface area contributed by atoms with Crippen LogP contribution in [0.5, 0.6) is 0 Å². The lowest BCUT2D eigenvalue weighted by molar-refractivity contribution is 0.0693. The highest BCUT2D eigenvalue weighted by Crippen LogP contribution is 2.43. The van der Waals surface area contributed by atoms with Crippen LogP contribution in [0.15, 0.2) is 81.4 Å². The van der Waals surface area contributed by atoms with Crippen LogP contribution in [0.2, 0.25) is 0 Å². The number of imide groups is 1. The van der Waals surface area contributed by atoms with E-state index in [0.717, 1.165) is 16.2 Å². The van der Waals surface area contributed by atoms with Gasteiger partial charge in [0.2, 0.25) is 0 Å². The molecule has 10 heteroatoms. The molecule has 0 saturated heterocycles. The second-order valence-corrected chi connectivity index (χ2v) is 9.29. The Kier molecular flexibility index (Phi) is 5.94. The van der Waals surface area contributed by atoms with Gasteiger partial charge in [-0.2, -0.15) is 5.26 Å². The summed E-state index contributed by atoms with van der Waals surface area (Å²) < 4.78 is 0.256. The Balaban J connectivity index is 1.59. The molecule has 0 spiro atoms. The van der Waals surface area contributed by atoms with Crippen LogP contribution in [0.1, 0.15) is 26.3 Å². The van der Waals surface area contributed by atoms with Crippen LogP contribution in [0.25, 0.3) is 11.3 Å². The third-order valence-electron chi connectivity index (χ3n) is 5.34. The van der Waals surface area contributed by atoms with Crippen molar-refractivity contribution in [2.24, 2.45) is 10.2 Å². The lowest BCUT2D eigenvalue weighted by Gasteiger charge is -2.05. The van der Waals surface area contributed by atoms with Crippen LogP contribution < -0.4 is 5.32 Å². The lowest BCUT2D eigenvalue weighted by atomic mass is 10.0. The molecule has 170 valence electrons. The van der Waals surface area contributed by atoms with Crippen molar-refractivity contribution in [3.05, 3.63) is 87.9 Å². The molecule has 2 amide bonds. The summed E-state index contributed by atoms with van der Waals surface area (Å²) in [5.41, 5.74) is 3.00. The van der Waals surface area contributed by atoms with Crippen LogP contribution in [0, 0.1) is 11.3 Å². The smallest absolute Gasteiger partial charge is 0.262 e. The van der Waals surface area contributed by atoms with Crippen LogP contribution >= 0.6 is 27.3 Å². The molecule has 5 rings (SSSR count). The van der Waals surface area contributed by atoms with E-state index >= 15 is 0 Å². The Morgan fingerprint density at radius 3 is 2.40 bits per heavy atom. The van der Waals surface area contributed by atoms with Gasteiger partial charge in [0.1, 0.15) is 17.5 Å².